The van der Waals surface area contributed by atoms with E-state index >= 15 is 0 Å². The van der Waals surface area contributed by atoms with Crippen molar-refractivity contribution in [2.24, 2.45) is 5.92 Å². The average molecular weight is 355 g/mol. The fourth-order valence-corrected chi connectivity index (χ4v) is 4.59. The number of fused-ring (bicyclic) bond motifs is 2. The minimum atomic E-state index is 0.296. The van der Waals surface area contributed by atoms with Gasteiger partial charge in [0.2, 0.25) is 0 Å². The number of hydrogen-bond acceptors (Lipinski definition) is 3. The van der Waals surface area contributed by atoms with Crippen molar-refractivity contribution in [3.8, 4) is 5.75 Å². The number of piperidine rings is 3. The van der Waals surface area contributed by atoms with Gasteiger partial charge in [0.15, 0.2) is 0 Å². The van der Waals surface area contributed by atoms with Crippen LogP contribution in [0.4, 0.5) is 0 Å². The van der Waals surface area contributed by atoms with Crippen LogP contribution in [0.5, 0.6) is 5.75 Å². The van der Waals surface area contributed by atoms with Crippen LogP contribution in [-0.4, -0.2) is 54.7 Å². The molecule has 3 fully saturated rings. The summed E-state index contributed by atoms with van der Waals surface area (Å²) in [5, 5.41) is 1.14. The van der Waals surface area contributed by atoms with Crippen LogP contribution in [0.1, 0.15) is 25.7 Å². The molecule has 3 nitrogen and oxygen atoms in total. The second-order valence-corrected chi connectivity index (χ2v) is 7.97. The van der Waals surface area contributed by atoms with E-state index in [1.165, 1.54) is 32.5 Å². The van der Waals surface area contributed by atoms with Crippen LogP contribution >= 0.6 is 23.2 Å². The molecule has 0 N–H and O–H groups in total. The lowest BCUT2D eigenvalue weighted by atomic mass is 9.80. The van der Waals surface area contributed by atoms with Crippen molar-refractivity contribution in [3.05, 3.63) is 28.2 Å². The summed E-state index contributed by atoms with van der Waals surface area (Å²) >= 11 is 12.0. The third kappa shape index (κ3) is 3.48. The SMILES string of the molecule is Clc1ccc(OC2CCN(CC3C4CCCN3C4)CC2)cc1Cl. The number of halogens is 2. The molecule has 2 bridgehead atoms. The molecule has 1 aromatic rings. The van der Waals surface area contributed by atoms with E-state index in [2.05, 4.69) is 9.80 Å². The van der Waals surface area contributed by atoms with Gasteiger partial charge in [0.05, 0.1) is 10.0 Å². The fourth-order valence-electron chi connectivity index (χ4n) is 4.30. The van der Waals surface area contributed by atoms with Crippen molar-refractivity contribution >= 4 is 23.2 Å². The second kappa shape index (κ2) is 6.79. The van der Waals surface area contributed by atoms with Crippen LogP contribution in [-0.2, 0) is 0 Å². The standard InChI is InChI=1S/C18H24Cl2N2O/c19-16-4-3-15(10-17(16)20)23-14-5-8-21(9-6-14)12-18-13-2-1-7-22(18)11-13/h3-4,10,13-14,18H,1-2,5-9,11-12H2. The lowest BCUT2D eigenvalue weighted by Crippen LogP contribution is -2.63. The van der Waals surface area contributed by atoms with E-state index in [0.717, 1.165) is 43.6 Å². The molecule has 3 aliphatic rings. The van der Waals surface area contributed by atoms with E-state index in [1.54, 1.807) is 6.07 Å². The molecule has 0 aliphatic carbocycles. The van der Waals surface area contributed by atoms with E-state index in [4.69, 9.17) is 27.9 Å². The van der Waals surface area contributed by atoms with E-state index in [9.17, 15) is 0 Å². The van der Waals surface area contributed by atoms with Crippen LogP contribution in [0, 0.1) is 5.92 Å². The van der Waals surface area contributed by atoms with E-state index < -0.39 is 0 Å². The van der Waals surface area contributed by atoms with Gasteiger partial charge in [-0.05, 0) is 50.3 Å². The monoisotopic (exact) mass is 354 g/mol. The summed E-state index contributed by atoms with van der Waals surface area (Å²) in [6.45, 7) is 6.20. The van der Waals surface area contributed by atoms with Gasteiger partial charge in [0.1, 0.15) is 11.9 Å². The van der Waals surface area contributed by atoms with Gasteiger partial charge < -0.3 is 9.64 Å². The smallest absolute Gasteiger partial charge is 0.121 e. The van der Waals surface area contributed by atoms with E-state index in [0.29, 0.717) is 16.1 Å². The number of rotatable bonds is 4. The topological polar surface area (TPSA) is 15.7 Å². The molecule has 0 amide bonds. The Bertz CT molecular complexity index is 546. The van der Waals surface area contributed by atoms with Gasteiger partial charge in [0.25, 0.3) is 0 Å². The van der Waals surface area contributed by atoms with Crippen LogP contribution < -0.4 is 4.74 Å². The molecule has 0 spiro atoms. The van der Waals surface area contributed by atoms with Crippen molar-refractivity contribution in [2.75, 3.05) is 32.7 Å². The summed E-state index contributed by atoms with van der Waals surface area (Å²) in [5.74, 6) is 1.80. The molecule has 3 aliphatic heterocycles. The number of likely N-dealkylation sites (tertiary alicyclic amines) is 1. The van der Waals surface area contributed by atoms with Crippen LogP contribution in [0.25, 0.3) is 0 Å². The molecule has 0 aromatic heterocycles. The Morgan fingerprint density at radius 2 is 1.87 bits per heavy atom. The second-order valence-electron chi connectivity index (χ2n) is 7.16. The summed E-state index contributed by atoms with van der Waals surface area (Å²) < 4.78 is 6.08. The maximum absolute atomic E-state index is 6.08. The van der Waals surface area contributed by atoms with Crippen molar-refractivity contribution in [1.82, 2.24) is 9.80 Å². The van der Waals surface area contributed by atoms with Gasteiger partial charge in [-0.15, -0.1) is 0 Å². The largest absolute Gasteiger partial charge is 0.490 e. The minimum Gasteiger partial charge on any atom is -0.490 e. The van der Waals surface area contributed by atoms with Crippen molar-refractivity contribution in [3.63, 3.8) is 0 Å². The molecule has 1 aromatic carbocycles. The number of hydrogen-bond donors (Lipinski definition) is 0. The maximum Gasteiger partial charge on any atom is 0.121 e. The summed E-state index contributed by atoms with van der Waals surface area (Å²) in [4.78, 5) is 5.30. The molecule has 3 heterocycles. The Balaban J connectivity index is 1.25. The van der Waals surface area contributed by atoms with Gasteiger partial charge in [-0.3, -0.25) is 4.90 Å². The van der Waals surface area contributed by atoms with E-state index in [-0.39, 0.29) is 0 Å². The Morgan fingerprint density at radius 1 is 1.04 bits per heavy atom. The lowest BCUT2D eigenvalue weighted by molar-refractivity contribution is -0.0510. The Morgan fingerprint density at radius 3 is 2.52 bits per heavy atom. The summed E-state index contributed by atoms with van der Waals surface area (Å²) in [5.41, 5.74) is 0. The Hall–Kier alpha value is -0.480. The Kier molecular flexibility index (Phi) is 4.73. The molecule has 0 saturated carbocycles. The predicted molar refractivity (Wildman–Crippen MR) is 94.6 cm³/mol. The highest BCUT2D eigenvalue weighted by Gasteiger charge is 2.42. The maximum atomic E-state index is 6.08. The first-order valence-corrected chi connectivity index (χ1v) is 9.53. The zero-order valence-corrected chi connectivity index (χ0v) is 14.9. The van der Waals surface area contributed by atoms with Crippen molar-refractivity contribution in [1.29, 1.82) is 0 Å². The first-order valence-electron chi connectivity index (χ1n) is 8.77. The van der Waals surface area contributed by atoms with Gasteiger partial charge in [-0.25, -0.2) is 0 Å². The van der Waals surface area contributed by atoms with Crippen LogP contribution in [0.15, 0.2) is 18.2 Å². The van der Waals surface area contributed by atoms with Gasteiger partial charge in [-0.2, -0.15) is 0 Å². The van der Waals surface area contributed by atoms with Gasteiger partial charge >= 0.3 is 0 Å². The summed E-state index contributed by atoms with van der Waals surface area (Å²) in [7, 11) is 0. The highest BCUT2D eigenvalue weighted by molar-refractivity contribution is 6.42. The molecule has 3 saturated heterocycles. The number of ether oxygens (including phenoxy) is 1. The molecular weight excluding hydrogens is 331 g/mol. The minimum absolute atomic E-state index is 0.296. The zero-order chi connectivity index (χ0) is 15.8. The van der Waals surface area contributed by atoms with Gasteiger partial charge in [0, 0.05) is 38.3 Å². The quantitative estimate of drug-likeness (QED) is 0.814. The molecule has 4 rings (SSSR count). The van der Waals surface area contributed by atoms with Gasteiger partial charge in [-0.1, -0.05) is 23.2 Å². The highest BCUT2D eigenvalue weighted by Crippen LogP contribution is 2.35. The van der Waals surface area contributed by atoms with Crippen molar-refractivity contribution in [2.45, 2.75) is 37.8 Å². The first-order chi connectivity index (χ1) is 11.2. The summed E-state index contributed by atoms with van der Waals surface area (Å²) in [6, 6.07) is 6.36. The normalized spacial score (nSPS) is 31.7. The predicted octanol–water partition coefficient (Wildman–Crippen LogP) is 3.93. The number of benzene rings is 1. The molecule has 23 heavy (non-hydrogen) atoms. The number of nitrogens with zero attached hydrogens (tertiary/aromatic N) is 2. The molecule has 0 radical (unpaired) electrons. The molecule has 126 valence electrons. The van der Waals surface area contributed by atoms with E-state index in [1.807, 2.05) is 12.1 Å². The molecule has 3 atom stereocenters. The molecule has 3 unspecified atom stereocenters. The fraction of sp³-hybridized carbons (Fsp3) is 0.667. The lowest BCUT2D eigenvalue weighted by Gasteiger charge is -2.54. The third-order valence-electron chi connectivity index (χ3n) is 5.68. The third-order valence-corrected chi connectivity index (χ3v) is 6.42. The Labute approximate surface area is 148 Å². The van der Waals surface area contributed by atoms with Crippen molar-refractivity contribution < 1.29 is 4.74 Å². The highest BCUT2D eigenvalue weighted by atomic mass is 35.5. The summed E-state index contributed by atoms with van der Waals surface area (Å²) in [6.07, 6.45) is 5.33. The molecule has 5 heteroatoms. The first kappa shape index (κ1) is 16.0. The molecular formula is C18H24Cl2N2O. The zero-order valence-electron chi connectivity index (χ0n) is 13.4. The average Bonchev–Trinajstić information content (AvgIpc) is 2.58. The van der Waals surface area contributed by atoms with Crippen LogP contribution in [0.3, 0.4) is 0 Å². The van der Waals surface area contributed by atoms with Crippen LogP contribution in [0.2, 0.25) is 10.0 Å².